The van der Waals surface area contributed by atoms with Gasteiger partial charge in [0, 0.05) is 39.6 Å². The molecule has 12 heteroatoms. The van der Waals surface area contributed by atoms with E-state index in [2.05, 4.69) is 10.3 Å². The number of carbonyl (C=O) groups is 1. The standard InChI is InChI=1S/C25H29F3N6O3/c1-33-20(24(36-2)8-4-9-24)22(35)34-10-3-5-17-19(34)21(33)32-23(31-17)30-14-11-16(12-14)37-15-6-7-18(29-13-15)25(26,27)28/h6-7,13-14,16,20H,3-5,8-12H2,1-2H3,(H,30,31,32)/t14-,16+,20-/m1/s1. The van der Waals surface area contributed by atoms with Gasteiger partial charge in [-0.15, -0.1) is 0 Å². The normalized spacial score (nSPS) is 26.2. The number of rotatable bonds is 6. The number of carbonyl (C=O) groups excluding carboxylic acids is 1. The highest BCUT2D eigenvalue weighted by Crippen LogP contribution is 2.47. The zero-order chi connectivity index (χ0) is 25.9. The maximum Gasteiger partial charge on any atom is 0.433 e. The van der Waals surface area contributed by atoms with Crippen molar-refractivity contribution in [3.8, 4) is 5.75 Å². The Morgan fingerprint density at radius 3 is 2.57 bits per heavy atom. The van der Waals surface area contributed by atoms with E-state index in [4.69, 9.17) is 19.4 Å². The SMILES string of the molecule is COC1([C@H]2C(=O)N3CCCc4nc(N[C@H]5C[C@@H](Oc6ccc(C(F)(F)F)nc6)C5)nc(c43)N2C)CCC1. The van der Waals surface area contributed by atoms with Gasteiger partial charge in [0.15, 0.2) is 5.82 Å². The van der Waals surface area contributed by atoms with Crippen LogP contribution < -0.4 is 19.9 Å². The first-order valence-electron chi connectivity index (χ1n) is 12.7. The fraction of sp³-hybridized carbons (Fsp3) is 0.600. The Labute approximate surface area is 212 Å². The predicted octanol–water partition coefficient (Wildman–Crippen LogP) is 3.58. The van der Waals surface area contributed by atoms with Crippen LogP contribution in [0.25, 0.3) is 0 Å². The summed E-state index contributed by atoms with van der Waals surface area (Å²) in [5.74, 6) is 1.61. The molecule has 37 heavy (non-hydrogen) atoms. The van der Waals surface area contributed by atoms with Gasteiger partial charge in [-0.2, -0.15) is 18.2 Å². The molecule has 198 valence electrons. The lowest BCUT2D eigenvalue weighted by Crippen LogP contribution is -2.66. The van der Waals surface area contributed by atoms with Crippen LogP contribution in [0.1, 0.15) is 49.9 Å². The molecule has 2 aromatic heterocycles. The maximum atomic E-state index is 13.5. The molecule has 2 saturated carbocycles. The number of pyridine rings is 1. The first kappa shape index (κ1) is 24.2. The van der Waals surface area contributed by atoms with Gasteiger partial charge in [-0.1, -0.05) is 0 Å². The number of alkyl halides is 3. The number of anilines is 3. The highest BCUT2D eigenvalue weighted by molar-refractivity contribution is 6.06. The number of amides is 1. The maximum absolute atomic E-state index is 13.5. The number of halogens is 3. The smallest absolute Gasteiger partial charge is 0.433 e. The van der Waals surface area contributed by atoms with Crippen molar-refractivity contribution >= 4 is 23.4 Å². The Balaban J connectivity index is 1.16. The lowest BCUT2D eigenvalue weighted by Gasteiger charge is -2.53. The minimum atomic E-state index is -4.47. The molecule has 4 heterocycles. The second kappa shape index (κ2) is 8.71. The van der Waals surface area contributed by atoms with Gasteiger partial charge in [-0.3, -0.25) is 4.79 Å². The summed E-state index contributed by atoms with van der Waals surface area (Å²) in [7, 11) is 3.59. The Morgan fingerprint density at radius 2 is 1.95 bits per heavy atom. The summed E-state index contributed by atoms with van der Waals surface area (Å²) in [4.78, 5) is 30.4. The van der Waals surface area contributed by atoms with Crippen molar-refractivity contribution in [1.82, 2.24) is 15.0 Å². The lowest BCUT2D eigenvalue weighted by molar-refractivity contribution is -0.141. The molecular formula is C25H29F3N6O3. The molecule has 0 saturated heterocycles. The molecule has 2 aliphatic heterocycles. The van der Waals surface area contributed by atoms with Crippen LogP contribution in [0.2, 0.25) is 0 Å². The minimum absolute atomic E-state index is 0.0542. The van der Waals surface area contributed by atoms with Gasteiger partial charge in [0.05, 0.1) is 17.5 Å². The number of methoxy groups -OCH3 is 1. The van der Waals surface area contributed by atoms with Crippen LogP contribution in [0.5, 0.6) is 5.75 Å². The molecule has 6 rings (SSSR count). The highest BCUT2D eigenvalue weighted by atomic mass is 19.4. The fourth-order valence-corrected chi connectivity index (χ4v) is 5.89. The van der Waals surface area contributed by atoms with Crippen molar-refractivity contribution in [3.05, 3.63) is 29.7 Å². The summed E-state index contributed by atoms with van der Waals surface area (Å²) >= 11 is 0. The molecule has 2 aliphatic carbocycles. The largest absolute Gasteiger partial charge is 0.489 e. The first-order valence-corrected chi connectivity index (χ1v) is 12.7. The van der Waals surface area contributed by atoms with E-state index in [9.17, 15) is 18.0 Å². The summed E-state index contributed by atoms with van der Waals surface area (Å²) in [6, 6.07) is 1.86. The van der Waals surface area contributed by atoms with E-state index >= 15 is 0 Å². The zero-order valence-electron chi connectivity index (χ0n) is 20.7. The average Bonchev–Trinajstić information content (AvgIpc) is 2.82. The van der Waals surface area contributed by atoms with Crippen molar-refractivity contribution in [1.29, 1.82) is 0 Å². The topological polar surface area (TPSA) is 92.7 Å². The van der Waals surface area contributed by atoms with E-state index in [1.807, 2.05) is 16.8 Å². The molecule has 4 aliphatic rings. The van der Waals surface area contributed by atoms with E-state index in [1.54, 1.807) is 7.11 Å². The summed E-state index contributed by atoms with van der Waals surface area (Å²) in [6.07, 6.45) is 2.15. The monoisotopic (exact) mass is 518 g/mol. The number of likely N-dealkylation sites (N-methyl/N-ethyl adjacent to an activating group) is 1. The van der Waals surface area contributed by atoms with Crippen LogP contribution in [-0.4, -0.2) is 65.4 Å². The zero-order valence-corrected chi connectivity index (χ0v) is 20.7. The third-order valence-electron chi connectivity index (χ3n) is 8.09. The molecule has 1 atom stereocenters. The van der Waals surface area contributed by atoms with Gasteiger partial charge < -0.3 is 24.6 Å². The number of ether oxygens (including phenoxy) is 2. The second-order valence-corrected chi connectivity index (χ2v) is 10.3. The van der Waals surface area contributed by atoms with E-state index in [1.165, 1.54) is 6.07 Å². The molecule has 1 amide bonds. The van der Waals surface area contributed by atoms with Crippen LogP contribution in [0.15, 0.2) is 18.3 Å². The Morgan fingerprint density at radius 1 is 1.16 bits per heavy atom. The summed E-state index contributed by atoms with van der Waals surface area (Å²) in [5, 5.41) is 3.39. The van der Waals surface area contributed by atoms with Gasteiger partial charge in [-0.05, 0) is 44.2 Å². The number of nitrogens with one attached hydrogen (secondary N) is 1. The third-order valence-corrected chi connectivity index (χ3v) is 8.09. The molecule has 0 radical (unpaired) electrons. The molecule has 0 spiro atoms. The average molecular weight is 519 g/mol. The molecule has 0 aromatic carbocycles. The van der Waals surface area contributed by atoms with Crippen molar-refractivity contribution in [3.63, 3.8) is 0 Å². The first-order chi connectivity index (χ1) is 17.7. The summed E-state index contributed by atoms with van der Waals surface area (Å²) in [6.45, 7) is 0.652. The molecule has 2 fully saturated rings. The van der Waals surface area contributed by atoms with Gasteiger partial charge in [0.2, 0.25) is 5.95 Å². The third kappa shape index (κ3) is 4.05. The van der Waals surface area contributed by atoms with Crippen molar-refractivity contribution in [2.75, 3.05) is 35.8 Å². The van der Waals surface area contributed by atoms with Crippen LogP contribution in [-0.2, 0) is 22.1 Å². The van der Waals surface area contributed by atoms with Crippen molar-refractivity contribution in [2.24, 2.45) is 0 Å². The number of hydrogen-bond acceptors (Lipinski definition) is 8. The summed E-state index contributed by atoms with van der Waals surface area (Å²) in [5.41, 5.74) is 0.227. The minimum Gasteiger partial charge on any atom is -0.489 e. The van der Waals surface area contributed by atoms with E-state index in [0.29, 0.717) is 31.1 Å². The van der Waals surface area contributed by atoms with Crippen LogP contribution >= 0.6 is 0 Å². The molecule has 9 nitrogen and oxygen atoms in total. The van der Waals surface area contributed by atoms with Crippen molar-refractivity contribution < 1.29 is 27.4 Å². The molecule has 2 aromatic rings. The fourth-order valence-electron chi connectivity index (χ4n) is 5.89. The van der Waals surface area contributed by atoms with E-state index in [-0.39, 0.29) is 18.1 Å². The van der Waals surface area contributed by atoms with Gasteiger partial charge in [0.25, 0.3) is 5.91 Å². The Kier molecular flexibility index (Phi) is 5.70. The lowest BCUT2D eigenvalue weighted by atomic mass is 9.72. The second-order valence-electron chi connectivity index (χ2n) is 10.3. The number of hydrogen-bond donors (Lipinski definition) is 1. The van der Waals surface area contributed by atoms with Crippen LogP contribution in [0.3, 0.4) is 0 Å². The number of nitrogens with zero attached hydrogens (tertiary/aromatic N) is 5. The van der Waals surface area contributed by atoms with Crippen LogP contribution in [0, 0.1) is 0 Å². The quantitative estimate of drug-likeness (QED) is 0.621. The van der Waals surface area contributed by atoms with Gasteiger partial charge in [-0.25, -0.2) is 9.97 Å². The number of aromatic nitrogens is 3. The Bertz CT molecular complexity index is 1190. The molecule has 0 bridgehead atoms. The predicted molar refractivity (Wildman–Crippen MR) is 129 cm³/mol. The van der Waals surface area contributed by atoms with Crippen molar-refractivity contribution in [2.45, 2.75) is 74.9 Å². The molecule has 0 unspecified atom stereocenters. The van der Waals surface area contributed by atoms with E-state index in [0.717, 1.165) is 61.6 Å². The number of aryl methyl sites for hydroxylation is 1. The molecular weight excluding hydrogens is 489 g/mol. The highest BCUT2D eigenvalue weighted by Gasteiger charge is 2.55. The Hall–Kier alpha value is -3.15. The van der Waals surface area contributed by atoms with Crippen LogP contribution in [0.4, 0.5) is 30.6 Å². The van der Waals surface area contributed by atoms with Gasteiger partial charge in [0.1, 0.15) is 29.3 Å². The van der Waals surface area contributed by atoms with Gasteiger partial charge >= 0.3 is 6.18 Å². The van der Waals surface area contributed by atoms with E-state index < -0.39 is 23.5 Å². The molecule has 1 N–H and O–H groups in total. The summed E-state index contributed by atoms with van der Waals surface area (Å²) < 4.78 is 49.8.